The molecule has 1 aromatic heterocycles. The highest BCUT2D eigenvalue weighted by molar-refractivity contribution is 6.30. The van der Waals surface area contributed by atoms with Gasteiger partial charge in [0.05, 0.1) is 25.8 Å². The molecule has 0 atom stereocenters. The Hall–Kier alpha value is -2.47. The normalized spacial score (nSPS) is 10.3. The van der Waals surface area contributed by atoms with Crippen molar-refractivity contribution in [2.45, 2.75) is 19.9 Å². The molecule has 1 amide bonds. The molecule has 0 spiro atoms. The van der Waals surface area contributed by atoms with Crippen LogP contribution in [0.25, 0.3) is 0 Å². The van der Waals surface area contributed by atoms with Gasteiger partial charge >= 0.3 is 5.97 Å². The molecule has 6 nitrogen and oxygen atoms in total. The number of carbonyl (C=O) groups is 2. The van der Waals surface area contributed by atoms with E-state index in [9.17, 15) is 9.59 Å². The van der Waals surface area contributed by atoms with E-state index in [-0.39, 0.29) is 38.0 Å². The first-order valence-corrected chi connectivity index (χ1v) is 8.30. The zero-order chi connectivity index (χ0) is 18.1. The van der Waals surface area contributed by atoms with Crippen molar-refractivity contribution in [3.05, 3.63) is 53.4 Å². The van der Waals surface area contributed by atoms with Crippen LogP contribution >= 0.6 is 11.6 Å². The van der Waals surface area contributed by atoms with Crippen LogP contribution in [-0.4, -0.2) is 36.5 Å². The number of halogens is 1. The summed E-state index contributed by atoms with van der Waals surface area (Å²) in [6, 6.07) is 10.2. The summed E-state index contributed by atoms with van der Waals surface area (Å²) in [5, 5.41) is 0.590. The molecule has 0 radical (unpaired) electrons. The standard InChI is InChI=1S/C18H20ClNO5/c1-2-23-18(22)9-10-20(12-16-4-3-11-24-16)17(21)13-25-15-7-5-14(19)6-8-15/h3-8,11H,2,9-10,12-13H2,1H3. The average molecular weight is 366 g/mol. The van der Waals surface area contributed by atoms with E-state index in [1.165, 1.54) is 11.2 Å². The third-order valence-electron chi connectivity index (χ3n) is 3.35. The molecule has 0 aliphatic heterocycles. The van der Waals surface area contributed by atoms with Crippen LogP contribution < -0.4 is 4.74 Å². The first-order valence-electron chi connectivity index (χ1n) is 7.92. The molecule has 25 heavy (non-hydrogen) atoms. The third-order valence-corrected chi connectivity index (χ3v) is 3.60. The van der Waals surface area contributed by atoms with Crippen molar-refractivity contribution in [2.24, 2.45) is 0 Å². The molecule has 2 aromatic rings. The Kier molecular flexibility index (Phi) is 7.35. The van der Waals surface area contributed by atoms with Gasteiger partial charge < -0.3 is 18.8 Å². The second-order valence-electron chi connectivity index (χ2n) is 5.19. The summed E-state index contributed by atoms with van der Waals surface area (Å²) in [7, 11) is 0. The Morgan fingerprint density at radius 1 is 1.20 bits per heavy atom. The van der Waals surface area contributed by atoms with Gasteiger partial charge in [0, 0.05) is 11.6 Å². The molecule has 134 valence electrons. The minimum Gasteiger partial charge on any atom is -0.484 e. The summed E-state index contributed by atoms with van der Waals surface area (Å²) in [6.07, 6.45) is 1.65. The highest BCUT2D eigenvalue weighted by Crippen LogP contribution is 2.16. The molecule has 0 aliphatic carbocycles. The van der Waals surface area contributed by atoms with Gasteiger partial charge in [0.1, 0.15) is 11.5 Å². The molecule has 0 saturated carbocycles. The summed E-state index contributed by atoms with van der Waals surface area (Å²) >= 11 is 5.82. The van der Waals surface area contributed by atoms with Crippen molar-refractivity contribution in [3.8, 4) is 5.75 Å². The van der Waals surface area contributed by atoms with E-state index < -0.39 is 0 Å². The molecule has 0 saturated heterocycles. The largest absolute Gasteiger partial charge is 0.484 e. The Labute approximate surface area is 151 Å². The first-order chi connectivity index (χ1) is 12.1. The third kappa shape index (κ3) is 6.51. The van der Waals surface area contributed by atoms with Gasteiger partial charge in [-0.15, -0.1) is 0 Å². The van der Waals surface area contributed by atoms with Crippen LogP contribution in [0.2, 0.25) is 5.02 Å². The van der Waals surface area contributed by atoms with Crippen molar-refractivity contribution in [2.75, 3.05) is 19.8 Å². The Morgan fingerprint density at radius 3 is 2.60 bits per heavy atom. The van der Waals surface area contributed by atoms with Gasteiger partial charge in [-0.1, -0.05) is 11.6 Å². The van der Waals surface area contributed by atoms with Gasteiger partial charge in [0.25, 0.3) is 5.91 Å². The van der Waals surface area contributed by atoms with E-state index in [1.807, 2.05) is 0 Å². The SMILES string of the molecule is CCOC(=O)CCN(Cc1ccco1)C(=O)COc1ccc(Cl)cc1. The van der Waals surface area contributed by atoms with E-state index in [0.29, 0.717) is 23.1 Å². The van der Waals surface area contributed by atoms with Crippen molar-refractivity contribution in [1.82, 2.24) is 4.90 Å². The molecular formula is C18H20ClNO5. The number of hydrogen-bond donors (Lipinski definition) is 0. The maximum absolute atomic E-state index is 12.5. The fraction of sp³-hybridized carbons (Fsp3) is 0.333. The van der Waals surface area contributed by atoms with Crippen LogP contribution in [0.5, 0.6) is 5.75 Å². The number of carbonyl (C=O) groups excluding carboxylic acids is 2. The number of nitrogens with zero attached hydrogens (tertiary/aromatic N) is 1. The fourth-order valence-corrected chi connectivity index (χ4v) is 2.24. The van der Waals surface area contributed by atoms with Gasteiger partial charge in [-0.2, -0.15) is 0 Å². The first kappa shape index (κ1) is 18.9. The van der Waals surface area contributed by atoms with E-state index in [4.69, 9.17) is 25.5 Å². The highest BCUT2D eigenvalue weighted by atomic mass is 35.5. The van der Waals surface area contributed by atoms with Crippen LogP contribution in [0.4, 0.5) is 0 Å². The number of furan rings is 1. The maximum Gasteiger partial charge on any atom is 0.307 e. The predicted octanol–water partition coefficient (Wildman–Crippen LogP) is 3.29. The van der Waals surface area contributed by atoms with Crippen molar-refractivity contribution in [1.29, 1.82) is 0 Å². The maximum atomic E-state index is 12.5. The summed E-state index contributed by atoms with van der Waals surface area (Å²) in [5.41, 5.74) is 0. The summed E-state index contributed by atoms with van der Waals surface area (Å²) in [4.78, 5) is 25.5. The molecule has 2 rings (SSSR count). The van der Waals surface area contributed by atoms with Gasteiger partial charge in [0.15, 0.2) is 6.61 Å². The Balaban J connectivity index is 1.93. The lowest BCUT2D eigenvalue weighted by Gasteiger charge is -2.21. The van der Waals surface area contributed by atoms with Crippen LogP contribution in [0.3, 0.4) is 0 Å². The van der Waals surface area contributed by atoms with E-state index >= 15 is 0 Å². The van der Waals surface area contributed by atoms with Crippen LogP contribution in [0.1, 0.15) is 19.1 Å². The lowest BCUT2D eigenvalue weighted by Crippen LogP contribution is -2.36. The summed E-state index contributed by atoms with van der Waals surface area (Å²) in [5.74, 6) is 0.568. The molecule has 1 heterocycles. The number of hydrogen-bond acceptors (Lipinski definition) is 5. The zero-order valence-corrected chi connectivity index (χ0v) is 14.7. The van der Waals surface area contributed by atoms with Gasteiger partial charge in [-0.25, -0.2) is 0 Å². The van der Waals surface area contributed by atoms with Gasteiger partial charge in [-0.3, -0.25) is 9.59 Å². The van der Waals surface area contributed by atoms with E-state index in [0.717, 1.165) is 0 Å². The molecule has 0 N–H and O–H groups in total. The van der Waals surface area contributed by atoms with Crippen molar-refractivity contribution < 1.29 is 23.5 Å². The van der Waals surface area contributed by atoms with Gasteiger partial charge in [-0.05, 0) is 43.3 Å². The minimum absolute atomic E-state index is 0.112. The molecule has 0 unspecified atom stereocenters. The highest BCUT2D eigenvalue weighted by Gasteiger charge is 2.18. The molecular weight excluding hydrogens is 346 g/mol. The van der Waals surface area contributed by atoms with Crippen molar-refractivity contribution >= 4 is 23.5 Å². The fourth-order valence-electron chi connectivity index (χ4n) is 2.11. The molecule has 1 aromatic carbocycles. The lowest BCUT2D eigenvalue weighted by molar-refractivity contribution is -0.144. The molecule has 0 fully saturated rings. The van der Waals surface area contributed by atoms with Crippen LogP contribution in [0, 0.1) is 0 Å². The van der Waals surface area contributed by atoms with E-state index in [1.54, 1.807) is 43.3 Å². The van der Waals surface area contributed by atoms with E-state index in [2.05, 4.69) is 0 Å². The molecule has 0 aliphatic rings. The average Bonchev–Trinajstić information content (AvgIpc) is 3.11. The Bertz CT molecular complexity index is 669. The second kappa shape index (κ2) is 9.74. The lowest BCUT2D eigenvalue weighted by atomic mass is 10.3. The topological polar surface area (TPSA) is 69.0 Å². The Morgan fingerprint density at radius 2 is 1.96 bits per heavy atom. The number of esters is 1. The number of amides is 1. The summed E-state index contributed by atoms with van der Waals surface area (Å²) < 4.78 is 15.7. The van der Waals surface area contributed by atoms with Gasteiger partial charge in [0.2, 0.25) is 0 Å². The summed E-state index contributed by atoms with van der Waals surface area (Å²) in [6.45, 7) is 2.39. The quantitative estimate of drug-likeness (QED) is 0.638. The minimum atomic E-state index is -0.349. The van der Waals surface area contributed by atoms with Crippen LogP contribution in [-0.2, 0) is 20.9 Å². The molecule has 0 bridgehead atoms. The number of ether oxygens (including phenoxy) is 2. The van der Waals surface area contributed by atoms with Crippen molar-refractivity contribution in [3.63, 3.8) is 0 Å². The number of benzene rings is 1. The molecule has 7 heteroatoms. The zero-order valence-electron chi connectivity index (χ0n) is 13.9. The number of rotatable bonds is 9. The monoisotopic (exact) mass is 365 g/mol. The smallest absolute Gasteiger partial charge is 0.307 e. The second-order valence-corrected chi connectivity index (χ2v) is 5.63. The predicted molar refractivity (Wildman–Crippen MR) is 92.3 cm³/mol. The van der Waals surface area contributed by atoms with Crippen LogP contribution in [0.15, 0.2) is 47.1 Å².